The first-order valence-electron chi connectivity index (χ1n) is 11.8. The summed E-state index contributed by atoms with van der Waals surface area (Å²) >= 11 is -1.10. The molecule has 1 unspecified atom stereocenters. The van der Waals surface area contributed by atoms with Crippen LogP contribution in [0.3, 0.4) is 0 Å². The maximum atomic E-state index is 12.6. The minimum absolute atomic E-state index is 0.0589. The largest absolute Gasteiger partial charge is 0.609 e. The van der Waals surface area contributed by atoms with Crippen LogP contribution in [-0.2, 0) is 36.5 Å². The van der Waals surface area contributed by atoms with E-state index in [9.17, 15) is 4.55 Å². The molecule has 1 atom stereocenters. The van der Waals surface area contributed by atoms with Crippen molar-refractivity contribution in [1.29, 1.82) is 0 Å². The van der Waals surface area contributed by atoms with Gasteiger partial charge in [0.2, 0.25) is 0 Å². The standard InChI is InChI=1S/C23H39N7OS/c1-7-10-18-17-20(25-21(24-18)23(3,4)5)30-14-12-29(13-15-30)11-9-16-32(31)22-27-26-19(8-2)28(22)6/h17H,7-16H2,1-6H3. The molecule has 1 aliphatic heterocycles. The van der Waals surface area contributed by atoms with Gasteiger partial charge in [0.05, 0.1) is 0 Å². The van der Waals surface area contributed by atoms with Gasteiger partial charge in [-0.2, -0.15) is 0 Å². The van der Waals surface area contributed by atoms with E-state index in [0.717, 1.165) is 81.6 Å². The van der Waals surface area contributed by atoms with Gasteiger partial charge in [0.25, 0.3) is 0 Å². The Bertz CT molecular complexity index is 872. The van der Waals surface area contributed by atoms with E-state index in [-0.39, 0.29) is 5.41 Å². The third-order valence-electron chi connectivity index (χ3n) is 5.89. The topological polar surface area (TPSA) is 86.0 Å². The maximum absolute atomic E-state index is 12.6. The molecule has 1 aliphatic rings. The van der Waals surface area contributed by atoms with E-state index in [1.54, 1.807) is 0 Å². The molecular formula is C23H39N7OS. The second-order valence-electron chi connectivity index (χ2n) is 9.58. The maximum Gasteiger partial charge on any atom is 0.343 e. The highest BCUT2D eigenvalue weighted by molar-refractivity contribution is 7.91. The Balaban J connectivity index is 1.52. The van der Waals surface area contributed by atoms with Gasteiger partial charge < -0.3 is 9.45 Å². The Morgan fingerprint density at radius 2 is 1.78 bits per heavy atom. The highest BCUT2D eigenvalue weighted by Crippen LogP contribution is 2.23. The summed E-state index contributed by atoms with van der Waals surface area (Å²) in [5, 5.41) is 8.83. The molecule has 9 heteroatoms. The summed E-state index contributed by atoms with van der Waals surface area (Å²) in [4.78, 5) is 14.6. The molecule has 2 aromatic heterocycles. The van der Waals surface area contributed by atoms with Crippen molar-refractivity contribution in [2.24, 2.45) is 7.05 Å². The number of aryl methyl sites for hydroxylation is 2. The summed E-state index contributed by atoms with van der Waals surface area (Å²) in [5.41, 5.74) is 1.08. The molecule has 1 saturated heterocycles. The molecule has 3 heterocycles. The van der Waals surface area contributed by atoms with Gasteiger partial charge in [0.1, 0.15) is 23.2 Å². The van der Waals surface area contributed by atoms with Crippen LogP contribution in [0.5, 0.6) is 0 Å². The van der Waals surface area contributed by atoms with Gasteiger partial charge in [0, 0.05) is 81.0 Å². The molecule has 32 heavy (non-hydrogen) atoms. The zero-order valence-corrected chi connectivity index (χ0v) is 21.4. The second kappa shape index (κ2) is 10.9. The van der Waals surface area contributed by atoms with Gasteiger partial charge in [-0.05, 0) is 6.42 Å². The summed E-state index contributed by atoms with van der Waals surface area (Å²) in [6.07, 6.45) is 3.77. The van der Waals surface area contributed by atoms with Crippen molar-refractivity contribution in [2.45, 2.75) is 70.9 Å². The number of anilines is 1. The van der Waals surface area contributed by atoms with Crippen LogP contribution >= 0.6 is 0 Å². The lowest BCUT2D eigenvalue weighted by Gasteiger charge is -2.36. The Morgan fingerprint density at radius 3 is 2.38 bits per heavy atom. The van der Waals surface area contributed by atoms with E-state index in [4.69, 9.17) is 9.97 Å². The zero-order chi connectivity index (χ0) is 23.3. The number of hydrogen-bond acceptors (Lipinski definition) is 7. The molecule has 0 aliphatic carbocycles. The molecule has 2 aromatic rings. The fourth-order valence-electron chi connectivity index (χ4n) is 3.93. The molecule has 8 nitrogen and oxygen atoms in total. The van der Waals surface area contributed by atoms with Crippen LogP contribution in [-0.4, -0.2) is 72.7 Å². The first-order valence-corrected chi connectivity index (χ1v) is 13.2. The van der Waals surface area contributed by atoms with Crippen LogP contribution in [0.2, 0.25) is 0 Å². The Morgan fingerprint density at radius 1 is 1.06 bits per heavy atom. The predicted octanol–water partition coefficient (Wildman–Crippen LogP) is 2.74. The summed E-state index contributed by atoms with van der Waals surface area (Å²) in [7, 11) is 1.90. The predicted molar refractivity (Wildman–Crippen MR) is 130 cm³/mol. The number of aromatic nitrogens is 5. The molecular weight excluding hydrogens is 422 g/mol. The molecule has 178 valence electrons. The molecule has 0 bridgehead atoms. The average molecular weight is 462 g/mol. The van der Waals surface area contributed by atoms with E-state index in [1.165, 1.54) is 0 Å². The van der Waals surface area contributed by atoms with E-state index in [2.05, 4.69) is 53.8 Å². The van der Waals surface area contributed by atoms with E-state index >= 15 is 0 Å². The van der Waals surface area contributed by atoms with Gasteiger partial charge in [-0.15, -0.1) is 5.10 Å². The second-order valence-corrected chi connectivity index (χ2v) is 11.0. The van der Waals surface area contributed by atoms with Crippen molar-refractivity contribution in [3.8, 4) is 0 Å². The lowest BCUT2D eigenvalue weighted by atomic mass is 9.95. The first-order chi connectivity index (χ1) is 15.2. The minimum atomic E-state index is -1.10. The summed E-state index contributed by atoms with van der Waals surface area (Å²) in [6, 6.07) is 2.17. The van der Waals surface area contributed by atoms with Crippen molar-refractivity contribution in [2.75, 3.05) is 43.4 Å². The molecule has 0 radical (unpaired) electrons. The van der Waals surface area contributed by atoms with Crippen molar-refractivity contribution < 1.29 is 4.55 Å². The Hall–Kier alpha value is -1.71. The monoisotopic (exact) mass is 461 g/mol. The number of nitrogens with zero attached hydrogens (tertiary/aromatic N) is 7. The molecule has 0 aromatic carbocycles. The van der Waals surface area contributed by atoms with Crippen molar-refractivity contribution in [3.63, 3.8) is 0 Å². The normalized spacial score (nSPS) is 16.5. The van der Waals surface area contributed by atoms with Gasteiger partial charge >= 0.3 is 5.16 Å². The summed E-state index contributed by atoms with van der Waals surface area (Å²) in [6.45, 7) is 15.6. The van der Waals surface area contributed by atoms with Gasteiger partial charge in [-0.3, -0.25) is 9.47 Å². The highest BCUT2D eigenvalue weighted by atomic mass is 32.2. The molecule has 0 N–H and O–H groups in total. The first kappa shape index (κ1) is 24.9. The number of rotatable bonds is 9. The summed E-state index contributed by atoms with van der Waals surface area (Å²) < 4.78 is 14.5. The van der Waals surface area contributed by atoms with Crippen LogP contribution in [0.4, 0.5) is 5.82 Å². The molecule has 1 fully saturated rings. The van der Waals surface area contributed by atoms with Crippen LogP contribution < -0.4 is 4.90 Å². The molecule has 0 spiro atoms. The fraction of sp³-hybridized carbons (Fsp3) is 0.739. The van der Waals surface area contributed by atoms with Crippen LogP contribution in [0, 0.1) is 0 Å². The van der Waals surface area contributed by atoms with Crippen molar-refractivity contribution >= 4 is 17.0 Å². The lowest BCUT2D eigenvalue weighted by Crippen LogP contribution is -2.47. The van der Waals surface area contributed by atoms with E-state index < -0.39 is 11.2 Å². The highest BCUT2D eigenvalue weighted by Gasteiger charge is 2.24. The van der Waals surface area contributed by atoms with Crippen molar-refractivity contribution in [1.82, 2.24) is 29.6 Å². The van der Waals surface area contributed by atoms with Gasteiger partial charge in [-0.1, -0.05) is 46.1 Å². The molecule has 0 saturated carbocycles. The van der Waals surface area contributed by atoms with Gasteiger partial charge in [0.15, 0.2) is 0 Å². The third kappa shape index (κ3) is 6.20. The summed E-state index contributed by atoms with van der Waals surface area (Å²) in [5.74, 6) is 3.49. The van der Waals surface area contributed by atoms with Crippen LogP contribution in [0.25, 0.3) is 0 Å². The molecule has 3 rings (SSSR count). The van der Waals surface area contributed by atoms with Gasteiger partial charge in [-0.25, -0.2) is 9.97 Å². The number of hydrogen-bond donors (Lipinski definition) is 0. The number of piperazine rings is 1. The van der Waals surface area contributed by atoms with E-state index in [1.807, 2.05) is 18.5 Å². The average Bonchev–Trinajstić information content (AvgIpc) is 3.14. The van der Waals surface area contributed by atoms with Crippen molar-refractivity contribution in [3.05, 3.63) is 23.4 Å². The minimum Gasteiger partial charge on any atom is -0.609 e. The van der Waals surface area contributed by atoms with Crippen LogP contribution in [0.15, 0.2) is 11.2 Å². The molecule has 0 amide bonds. The lowest BCUT2D eigenvalue weighted by molar-refractivity contribution is 0.258. The zero-order valence-electron chi connectivity index (χ0n) is 20.6. The Kier molecular flexibility index (Phi) is 8.52. The van der Waals surface area contributed by atoms with Crippen LogP contribution in [0.1, 0.15) is 64.8 Å². The SMILES string of the molecule is CCCc1cc(N2CCN(CCC[S+]([O-])c3nnc(CC)n3C)CC2)nc(C(C)(C)C)n1. The Labute approximate surface area is 196 Å². The van der Waals surface area contributed by atoms with E-state index in [0.29, 0.717) is 10.9 Å². The smallest absolute Gasteiger partial charge is 0.343 e. The quantitative estimate of drug-likeness (QED) is 0.531. The fourth-order valence-corrected chi connectivity index (χ4v) is 5.04. The third-order valence-corrected chi connectivity index (χ3v) is 7.31.